The fraction of sp³-hybridized carbons (Fsp3) is 0.385. The zero-order valence-electron chi connectivity index (χ0n) is 11.0. The molecular formula is C13H19N3OS. The number of methoxy groups -OCH3 is 1. The van der Waals surface area contributed by atoms with Gasteiger partial charge in [0.2, 0.25) is 0 Å². The monoisotopic (exact) mass is 265 g/mol. The van der Waals surface area contributed by atoms with Crippen LogP contribution in [0.4, 0.5) is 0 Å². The van der Waals surface area contributed by atoms with Crippen LogP contribution in [0.15, 0.2) is 29.4 Å². The van der Waals surface area contributed by atoms with Gasteiger partial charge in [-0.3, -0.25) is 5.43 Å². The highest BCUT2D eigenvalue weighted by Crippen LogP contribution is 2.10. The largest absolute Gasteiger partial charge is 0.497 e. The molecule has 5 heteroatoms. The lowest BCUT2D eigenvalue weighted by atomic mass is 10.2. The van der Waals surface area contributed by atoms with Crippen molar-refractivity contribution >= 4 is 23.0 Å². The number of hydrogen-bond donors (Lipinski definition) is 2. The zero-order valence-corrected chi connectivity index (χ0v) is 11.8. The van der Waals surface area contributed by atoms with Gasteiger partial charge in [-0.25, -0.2) is 0 Å². The van der Waals surface area contributed by atoms with E-state index in [2.05, 4.69) is 15.8 Å². The molecule has 0 spiro atoms. The fourth-order valence-corrected chi connectivity index (χ4v) is 1.31. The van der Waals surface area contributed by atoms with Crippen LogP contribution in [-0.4, -0.2) is 17.9 Å². The molecule has 0 aliphatic carbocycles. The van der Waals surface area contributed by atoms with Gasteiger partial charge in [0.05, 0.1) is 7.11 Å². The molecule has 18 heavy (non-hydrogen) atoms. The average Bonchev–Trinajstić information content (AvgIpc) is 2.42. The molecule has 0 bridgehead atoms. The smallest absolute Gasteiger partial charge is 0.187 e. The SMILES string of the molecule is CC/C(C)=N\NC(=S)NCc1ccc(OC)cc1. The number of nitrogens with zero attached hydrogens (tertiary/aromatic N) is 1. The first-order chi connectivity index (χ1) is 8.65. The van der Waals surface area contributed by atoms with E-state index in [1.54, 1.807) is 7.11 Å². The van der Waals surface area contributed by atoms with Crippen molar-refractivity contribution in [2.75, 3.05) is 7.11 Å². The summed E-state index contributed by atoms with van der Waals surface area (Å²) in [6.07, 6.45) is 0.911. The highest BCUT2D eigenvalue weighted by atomic mass is 32.1. The number of hydrazone groups is 1. The van der Waals surface area contributed by atoms with Gasteiger partial charge in [-0.2, -0.15) is 5.10 Å². The Morgan fingerprint density at radius 1 is 1.33 bits per heavy atom. The Morgan fingerprint density at radius 2 is 2.00 bits per heavy atom. The van der Waals surface area contributed by atoms with Crippen LogP contribution in [0.3, 0.4) is 0 Å². The third-order valence-electron chi connectivity index (χ3n) is 2.47. The zero-order chi connectivity index (χ0) is 13.4. The lowest BCUT2D eigenvalue weighted by Gasteiger charge is -2.08. The van der Waals surface area contributed by atoms with E-state index in [1.807, 2.05) is 38.1 Å². The molecule has 0 atom stereocenters. The van der Waals surface area contributed by atoms with Crippen LogP contribution >= 0.6 is 12.2 Å². The third-order valence-corrected chi connectivity index (χ3v) is 2.71. The second-order valence-electron chi connectivity index (χ2n) is 3.84. The van der Waals surface area contributed by atoms with Crippen molar-refractivity contribution in [1.29, 1.82) is 0 Å². The van der Waals surface area contributed by atoms with Crippen molar-refractivity contribution in [3.8, 4) is 5.75 Å². The first-order valence-corrected chi connectivity index (χ1v) is 6.26. The summed E-state index contributed by atoms with van der Waals surface area (Å²) in [7, 11) is 1.65. The van der Waals surface area contributed by atoms with E-state index in [0.717, 1.165) is 23.4 Å². The molecule has 0 saturated heterocycles. The highest BCUT2D eigenvalue weighted by molar-refractivity contribution is 7.80. The van der Waals surface area contributed by atoms with Gasteiger partial charge in [0.1, 0.15) is 5.75 Å². The van der Waals surface area contributed by atoms with Crippen LogP contribution < -0.4 is 15.5 Å². The van der Waals surface area contributed by atoms with Crippen LogP contribution in [0.1, 0.15) is 25.8 Å². The Bertz CT molecular complexity index is 415. The summed E-state index contributed by atoms with van der Waals surface area (Å²) >= 11 is 5.11. The molecule has 98 valence electrons. The molecular weight excluding hydrogens is 246 g/mol. The average molecular weight is 265 g/mol. The van der Waals surface area contributed by atoms with E-state index in [0.29, 0.717) is 11.7 Å². The molecule has 0 radical (unpaired) electrons. The number of nitrogens with one attached hydrogen (secondary N) is 2. The number of hydrogen-bond acceptors (Lipinski definition) is 3. The van der Waals surface area contributed by atoms with Gasteiger partial charge in [-0.05, 0) is 43.3 Å². The molecule has 1 aromatic carbocycles. The third kappa shape index (κ3) is 5.14. The van der Waals surface area contributed by atoms with Crippen molar-refractivity contribution in [1.82, 2.24) is 10.7 Å². The van der Waals surface area contributed by atoms with E-state index >= 15 is 0 Å². The lowest BCUT2D eigenvalue weighted by Crippen LogP contribution is -2.31. The van der Waals surface area contributed by atoms with E-state index < -0.39 is 0 Å². The Balaban J connectivity index is 2.37. The standard InChI is InChI=1S/C13H19N3OS/c1-4-10(2)15-16-13(18)14-9-11-5-7-12(17-3)8-6-11/h5-8H,4,9H2,1-3H3,(H2,14,16,18)/b15-10-. The van der Waals surface area contributed by atoms with Crippen molar-refractivity contribution in [2.45, 2.75) is 26.8 Å². The van der Waals surface area contributed by atoms with Gasteiger partial charge >= 0.3 is 0 Å². The van der Waals surface area contributed by atoms with E-state index in [-0.39, 0.29) is 0 Å². The maximum absolute atomic E-state index is 5.11. The molecule has 0 aliphatic heterocycles. The molecule has 1 aromatic rings. The minimum absolute atomic E-state index is 0.526. The molecule has 0 aliphatic rings. The molecule has 0 saturated carbocycles. The Kier molecular flexibility index (Phi) is 6.14. The molecule has 0 unspecified atom stereocenters. The van der Waals surface area contributed by atoms with Crippen LogP contribution in [-0.2, 0) is 6.54 Å². The molecule has 4 nitrogen and oxygen atoms in total. The van der Waals surface area contributed by atoms with Crippen LogP contribution in [0.2, 0.25) is 0 Å². The fourth-order valence-electron chi connectivity index (χ4n) is 1.19. The van der Waals surface area contributed by atoms with Gasteiger partial charge < -0.3 is 10.1 Å². The van der Waals surface area contributed by atoms with Crippen molar-refractivity contribution < 1.29 is 4.74 Å². The predicted molar refractivity (Wildman–Crippen MR) is 79.0 cm³/mol. The summed E-state index contributed by atoms with van der Waals surface area (Å²) in [5.41, 5.74) is 4.96. The number of ether oxygens (including phenoxy) is 1. The Labute approximate surface area is 113 Å². The summed E-state index contributed by atoms with van der Waals surface area (Å²) < 4.78 is 5.10. The maximum Gasteiger partial charge on any atom is 0.187 e. The Morgan fingerprint density at radius 3 is 2.56 bits per heavy atom. The minimum atomic E-state index is 0.526. The first-order valence-electron chi connectivity index (χ1n) is 5.85. The maximum atomic E-state index is 5.11. The van der Waals surface area contributed by atoms with Crippen LogP contribution in [0, 0.1) is 0 Å². The van der Waals surface area contributed by atoms with E-state index in [9.17, 15) is 0 Å². The lowest BCUT2D eigenvalue weighted by molar-refractivity contribution is 0.414. The van der Waals surface area contributed by atoms with E-state index in [4.69, 9.17) is 17.0 Å². The van der Waals surface area contributed by atoms with Gasteiger partial charge in [0.25, 0.3) is 0 Å². The van der Waals surface area contributed by atoms with Crippen molar-refractivity contribution in [3.63, 3.8) is 0 Å². The normalized spacial score (nSPS) is 10.9. The van der Waals surface area contributed by atoms with Crippen molar-refractivity contribution in [2.24, 2.45) is 5.10 Å². The quantitative estimate of drug-likeness (QED) is 0.488. The van der Waals surface area contributed by atoms with Crippen LogP contribution in [0.5, 0.6) is 5.75 Å². The highest BCUT2D eigenvalue weighted by Gasteiger charge is 1.96. The second kappa shape index (κ2) is 7.66. The number of rotatable bonds is 5. The Hall–Kier alpha value is -1.62. The molecule has 0 aromatic heterocycles. The van der Waals surface area contributed by atoms with Gasteiger partial charge in [0, 0.05) is 12.3 Å². The summed E-state index contributed by atoms with van der Waals surface area (Å²) in [5.74, 6) is 0.850. The second-order valence-corrected chi connectivity index (χ2v) is 4.25. The van der Waals surface area contributed by atoms with Gasteiger partial charge in [0.15, 0.2) is 5.11 Å². The van der Waals surface area contributed by atoms with Crippen LogP contribution in [0.25, 0.3) is 0 Å². The summed E-state index contributed by atoms with van der Waals surface area (Å²) in [6.45, 7) is 4.67. The summed E-state index contributed by atoms with van der Waals surface area (Å²) in [6, 6.07) is 7.84. The van der Waals surface area contributed by atoms with E-state index in [1.165, 1.54) is 0 Å². The summed E-state index contributed by atoms with van der Waals surface area (Å²) in [5, 5.41) is 7.74. The predicted octanol–water partition coefficient (Wildman–Crippen LogP) is 2.45. The first kappa shape index (κ1) is 14.4. The summed E-state index contributed by atoms with van der Waals surface area (Å²) in [4.78, 5) is 0. The molecule has 0 heterocycles. The number of thiocarbonyl (C=S) groups is 1. The molecule has 0 fully saturated rings. The topological polar surface area (TPSA) is 45.7 Å². The number of benzene rings is 1. The van der Waals surface area contributed by atoms with Gasteiger partial charge in [-0.15, -0.1) is 0 Å². The molecule has 0 amide bonds. The molecule has 2 N–H and O–H groups in total. The van der Waals surface area contributed by atoms with Crippen molar-refractivity contribution in [3.05, 3.63) is 29.8 Å². The minimum Gasteiger partial charge on any atom is -0.497 e. The molecule has 1 rings (SSSR count). The van der Waals surface area contributed by atoms with Gasteiger partial charge in [-0.1, -0.05) is 19.1 Å².